The summed E-state index contributed by atoms with van der Waals surface area (Å²) in [6.45, 7) is 0. The number of allylic oxidation sites excluding steroid dienone is 10. The summed E-state index contributed by atoms with van der Waals surface area (Å²) in [6.07, 6.45) is 24.4. The topological polar surface area (TPSA) is 0 Å². The van der Waals surface area contributed by atoms with Crippen LogP contribution in [-0.2, 0) is 41.1 Å². The SMILES string of the molecule is C1=CC(C2C=Cc3ccccc32)c2ccccc21.[CH3][Zr+2]([CH3])[C]1=CC=CC1.[Cl-].[Cl-].[Cl][Zr]([Cl])[C]1=CC=CC1. The van der Waals surface area contributed by atoms with Gasteiger partial charge < -0.3 is 24.8 Å². The fourth-order valence-electron chi connectivity index (χ4n) is 4.59. The molecule has 0 nitrogen and oxygen atoms in total. The van der Waals surface area contributed by atoms with Gasteiger partial charge in [-0.15, -0.1) is 0 Å². The molecule has 0 spiro atoms. The van der Waals surface area contributed by atoms with Gasteiger partial charge in [-0.1, -0.05) is 72.8 Å². The van der Waals surface area contributed by atoms with Crippen molar-refractivity contribution in [3.8, 4) is 0 Å². The molecule has 0 radical (unpaired) electrons. The minimum absolute atomic E-state index is 0. The molecule has 0 bridgehead atoms. The van der Waals surface area contributed by atoms with E-state index in [4.69, 9.17) is 17.0 Å². The molecule has 4 aliphatic rings. The molecule has 2 unspecified atom stereocenters. The fourth-order valence-corrected chi connectivity index (χ4v) is 9.81. The van der Waals surface area contributed by atoms with Crippen molar-refractivity contribution in [2.24, 2.45) is 0 Å². The van der Waals surface area contributed by atoms with E-state index in [-0.39, 0.29) is 24.8 Å². The van der Waals surface area contributed by atoms with E-state index in [2.05, 4.69) is 106 Å². The molecule has 0 heterocycles. The van der Waals surface area contributed by atoms with Crippen LogP contribution < -0.4 is 24.8 Å². The Kier molecular flexibility index (Phi) is 14.3. The van der Waals surface area contributed by atoms with Gasteiger partial charge >= 0.3 is 123 Å². The number of benzene rings is 2. The molecule has 0 aromatic heterocycles. The molecular weight excluding hydrogens is 685 g/mol. The molecule has 0 N–H and O–H groups in total. The Bertz CT molecular complexity index is 1100. The van der Waals surface area contributed by atoms with Crippen molar-refractivity contribution in [2.45, 2.75) is 33.9 Å². The number of fused-ring (bicyclic) bond motifs is 2. The monoisotopic (exact) mass is 710 g/mol. The average molecular weight is 715 g/mol. The van der Waals surface area contributed by atoms with Crippen LogP contribution in [0.5, 0.6) is 0 Å². The first-order chi connectivity index (χ1) is 16.5. The van der Waals surface area contributed by atoms with Crippen molar-refractivity contribution in [2.75, 3.05) is 0 Å². The van der Waals surface area contributed by atoms with Crippen molar-refractivity contribution in [3.63, 3.8) is 0 Å². The summed E-state index contributed by atoms with van der Waals surface area (Å²) in [5.74, 6) is 1.00. The van der Waals surface area contributed by atoms with Crippen LogP contribution in [0.25, 0.3) is 12.2 Å². The van der Waals surface area contributed by atoms with E-state index in [1.807, 2.05) is 12.2 Å². The molecule has 0 aliphatic heterocycles. The first-order valence-electron chi connectivity index (χ1n) is 11.8. The van der Waals surface area contributed by atoms with E-state index in [0.717, 1.165) is 6.42 Å². The number of halogens is 4. The Hall–Kier alpha value is -0.194. The molecule has 4 aliphatic carbocycles. The first-order valence-corrected chi connectivity index (χ1v) is 25.5. The molecule has 0 fully saturated rings. The van der Waals surface area contributed by atoms with Gasteiger partial charge in [-0.2, -0.15) is 0 Å². The number of rotatable bonds is 3. The van der Waals surface area contributed by atoms with Crippen LogP contribution >= 0.6 is 17.0 Å². The summed E-state index contributed by atoms with van der Waals surface area (Å²) in [5, 5.41) is 0. The zero-order valence-corrected chi connectivity index (χ0v) is 28.4. The molecule has 0 saturated heterocycles. The van der Waals surface area contributed by atoms with Crippen LogP contribution in [0.3, 0.4) is 0 Å². The van der Waals surface area contributed by atoms with E-state index in [1.54, 1.807) is 3.28 Å². The van der Waals surface area contributed by atoms with Crippen LogP contribution in [0, 0.1) is 0 Å². The van der Waals surface area contributed by atoms with Gasteiger partial charge in [0.05, 0.1) is 0 Å². The summed E-state index contributed by atoms with van der Waals surface area (Å²) < 4.78 is 7.91. The molecule has 0 amide bonds. The second kappa shape index (κ2) is 16.0. The van der Waals surface area contributed by atoms with Gasteiger partial charge in [-0.3, -0.25) is 0 Å². The van der Waals surface area contributed by atoms with Crippen LogP contribution in [0.15, 0.2) is 104 Å². The van der Waals surface area contributed by atoms with Crippen molar-refractivity contribution in [3.05, 3.63) is 126 Å². The maximum absolute atomic E-state index is 5.74. The summed E-state index contributed by atoms with van der Waals surface area (Å²) in [5.41, 5.74) is 5.67. The quantitative estimate of drug-likeness (QED) is 0.453. The van der Waals surface area contributed by atoms with Gasteiger partial charge in [0.25, 0.3) is 0 Å². The Morgan fingerprint density at radius 1 is 0.722 bits per heavy atom. The Balaban J connectivity index is 0.000000214. The number of hydrogen-bond donors (Lipinski definition) is 0. The molecule has 2 aromatic carbocycles. The third kappa shape index (κ3) is 8.40. The molecule has 6 rings (SSSR count). The molecule has 186 valence electrons. The second-order valence-corrected chi connectivity index (χ2v) is 23.9. The molecule has 36 heavy (non-hydrogen) atoms. The molecule has 0 saturated carbocycles. The summed E-state index contributed by atoms with van der Waals surface area (Å²) in [7, 11) is 11.5. The standard InChI is InChI=1S/C18H14.2C5H5.2CH3.4ClH.2Zr/c1-3-7-15-13(5-1)9-11-17(15)18-12-10-14-6-2-4-8-16(14)18;2*1-2-4-5-3-1;;;;;;;;/h1-12,17-18H;2*1-3H,4H2;2*1H3;4*1H;;/q;;;;;;;;;2*+2/p-4. The van der Waals surface area contributed by atoms with Crippen LogP contribution in [0.4, 0.5) is 0 Å². The van der Waals surface area contributed by atoms with Gasteiger partial charge in [-0.25, -0.2) is 0 Å². The summed E-state index contributed by atoms with van der Waals surface area (Å²) in [6, 6.07) is 17.4. The third-order valence-electron chi connectivity index (χ3n) is 6.49. The van der Waals surface area contributed by atoms with Crippen molar-refractivity contribution >= 4 is 29.2 Å². The molecule has 2 atom stereocenters. The zero-order valence-electron chi connectivity index (χ0n) is 20.5. The Morgan fingerprint density at radius 2 is 1.22 bits per heavy atom. The Labute approximate surface area is 252 Å². The summed E-state index contributed by atoms with van der Waals surface area (Å²) >= 11 is -2.87. The van der Waals surface area contributed by atoms with Gasteiger partial charge in [0, 0.05) is 11.8 Å². The van der Waals surface area contributed by atoms with E-state index in [9.17, 15) is 0 Å². The fraction of sp³-hybridized carbons (Fsp3) is 0.200. The van der Waals surface area contributed by atoms with Crippen molar-refractivity contribution in [1.29, 1.82) is 0 Å². The first kappa shape index (κ1) is 32.0. The normalized spacial score (nSPS) is 18.9. The van der Waals surface area contributed by atoms with Gasteiger partial charge in [0.15, 0.2) is 0 Å². The Morgan fingerprint density at radius 3 is 1.58 bits per heavy atom. The van der Waals surface area contributed by atoms with Gasteiger partial charge in [-0.05, 0) is 22.3 Å². The predicted octanol–water partition coefficient (Wildman–Crippen LogP) is 3.92. The van der Waals surface area contributed by atoms with E-state index >= 15 is 0 Å². The molecule has 2 aromatic rings. The van der Waals surface area contributed by atoms with Crippen LogP contribution in [-0.4, -0.2) is 0 Å². The molecule has 6 heteroatoms. The summed E-state index contributed by atoms with van der Waals surface area (Å²) in [4.78, 5) is 0. The van der Waals surface area contributed by atoms with Crippen molar-refractivity contribution < 1.29 is 65.9 Å². The van der Waals surface area contributed by atoms with Crippen molar-refractivity contribution in [1.82, 2.24) is 0 Å². The zero-order chi connectivity index (χ0) is 23.9. The average Bonchev–Trinajstić information content (AvgIpc) is 3.65. The van der Waals surface area contributed by atoms with E-state index < -0.39 is 41.1 Å². The minimum atomic E-state index is -1.96. The second-order valence-electron chi connectivity index (χ2n) is 8.94. The van der Waals surface area contributed by atoms with Crippen LogP contribution in [0.1, 0.15) is 46.9 Å². The van der Waals surface area contributed by atoms with E-state index in [1.165, 1.54) is 32.0 Å². The number of hydrogen-bond acceptors (Lipinski definition) is 0. The third-order valence-corrected chi connectivity index (χ3v) is 15.5. The van der Waals surface area contributed by atoms with Crippen LogP contribution in [0.2, 0.25) is 9.26 Å². The molecular formula is C30H30Cl4Zr2. The predicted molar refractivity (Wildman–Crippen MR) is 144 cm³/mol. The van der Waals surface area contributed by atoms with E-state index in [0.29, 0.717) is 11.8 Å². The van der Waals surface area contributed by atoms with Gasteiger partial charge in [0.1, 0.15) is 0 Å². The maximum atomic E-state index is 5.74. The van der Waals surface area contributed by atoms with Gasteiger partial charge in [0.2, 0.25) is 0 Å².